The third kappa shape index (κ3) is 2.95. The molecule has 0 spiro atoms. The summed E-state index contributed by atoms with van der Waals surface area (Å²) in [6.45, 7) is 0.130. The van der Waals surface area contributed by atoms with Gasteiger partial charge in [0.25, 0.3) is 10.0 Å². The number of benzene rings is 1. The lowest BCUT2D eigenvalue weighted by Gasteiger charge is -2.12. The van der Waals surface area contributed by atoms with Crippen LogP contribution in [-0.4, -0.2) is 24.9 Å². The zero-order valence-corrected chi connectivity index (χ0v) is 10.4. The van der Waals surface area contributed by atoms with Crippen molar-refractivity contribution in [3.05, 3.63) is 48.4 Å². The van der Waals surface area contributed by atoms with E-state index in [1.54, 1.807) is 0 Å². The van der Waals surface area contributed by atoms with Crippen molar-refractivity contribution in [1.29, 1.82) is 0 Å². The smallest absolute Gasteiger partial charge is 0.257 e. The first-order valence-electron chi connectivity index (χ1n) is 5.38. The first kappa shape index (κ1) is 12.7. The molecule has 96 valence electrons. The predicted molar refractivity (Wildman–Crippen MR) is 67.1 cm³/mol. The molecule has 0 fully saturated rings. The molecular weight excluding hydrogens is 252 g/mol. The number of aromatic amines is 1. The van der Waals surface area contributed by atoms with Crippen LogP contribution in [0.25, 0.3) is 0 Å². The van der Waals surface area contributed by atoms with Gasteiger partial charge in [-0.2, -0.15) is 0 Å². The van der Waals surface area contributed by atoms with E-state index in [-0.39, 0.29) is 17.6 Å². The summed E-state index contributed by atoms with van der Waals surface area (Å²) in [5, 5.41) is 0.0303. The Labute approximate surface area is 105 Å². The summed E-state index contributed by atoms with van der Waals surface area (Å²) < 4.78 is 26.0. The van der Waals surface area contributed by atoms with Crippen LogP contribution in [0.4, 0.5) is 0 Å². The molecular formula is C11H14N4O2S. The molecule has 0 saturated heterocycles. The van der Waals surface area contributed by atoms with Gasteiger partial charge in [-0.3, -0.25) is 0 Å². The average molecular weight is 266 g/mol. The highest BCUT2D eigenvalue weighted by Gasteiger charge is 2.16. The number of hydrogen-bond acceptors (Lipinski definition) is 4. The summed E-state index contributed by atoms with van der Waals surface area (Å²) in [5.41, 5.74) is 6.78. The first-order chi connectivity index (χ1) is 8.59. The van der Waals surface area contributed by atoms with Gasteiger partial charge in [-0.05, 0) is 5.56 Å². The van der Waals surface area contributed by atoms with Crippen molar-refractivity contribution in [2.45, 2.75) is 11.1 Å². The SMILES string of the molecule is NC(CNS(=O)(=O)c1cnc[nH]1)c1ccccc1. The molecule has 6 nitrogen and oxygen atoms in total. The number of sulfonamides is 1. The maximum atomic E-state index is 11.8. The van der Waals surface area contributed by atoms with Crippen LogP contribution in [0.15, 0.2) is 47.9 Å². The van der Waals surface area contributed by atoms with Crippen LogP contribution in [0.2, 0.25) is 0 Å². The van der Waals surface area contributed by atoms with Crippen LogP contribution < -0.4 is 10.5 Å². The van der Waals surface area contributed by atoms with Gasteiger partial charge in [0.15, 0.2) is 5.03 Å². The van der Waals surface area contributed by atoms with E-state index in [0.29, 0.717) is 0 Å². The summed E-state index contributed by atoms with van der Waals surface area (Å²) in [6.07, 6.45) is 2.56. The molecule has 4 N–H and O–H groups in total. The highest BCUT2D eigenvalue weighted by atomic mass is 32.2. The van der Waals surface area contributed by atoms with Crippen LogP contribution in [-0.2, 0) is 10.0 Å². The van der Waals surface area contributed by atoms with Crippen LogP contribution in [0.5, 0.6) is 0 Å². The fourth-order valence-corrected chi connectivity index (χ4v) is 2.45. The molecule has 7 heteroatoms. The largest absolute Gasteiger partial charge is 0.335 e. The van der Waals surface area contributed by atoms with Gasteiger partial charge in [-0.15, -0.1) is 0 Å². The predicted octanol–water partition coefficient (Wildman–Crippen LogP) is 0.388. The summed E-state index contributed by atoms with van der Waals surface area (Å²) in [5.74, 6) is 0. The Bertz CT molecular complexity index is 581. The molecule has 1 unspecified atom stereocenters. The minimum absolute atomic E-state index is 0.0303. The van der Waals surface area contributed by atoms with Crippen LogP contribution in [0.1, 0.15) is 11.6 Å². The molecule has 0 saturated carbocycles. The molecule has 0 aliphatic rings. The molecule has 0 aliphatic carbocycles. The van der Waals surface area contributed by atoms with E-state index in [1.165, 1.54) is 12.5 Å². The molecule has 1 aromatic heterocycles. The molecule has 0 radical (unpaired) electrons. The van der Waals surface area contributed by atoms with Crippen molar-refractivity contribution in [2.75, 3.05) is 6.54 Å². The van der Waals surface area contributed by atoms with Gasteiger partial charge in [-0.25, -0.2) is 18.1 Å². The summed E-state index contributed by atoms with van der Waals surface area (Å²) in [4.78, 5) is 6.21. The van der Waals surface area contributed by atoms with Gasteiger partial charge in [0.05, 0.1) is 12.5 Å². The van der Waals surface area contributed by atoms with Gasteiger partial charge in [0, 0.05) is 12.6 Å². The van der Waals surface area contributed by atoms with Crippen molar-refractivity contribution in [3.8, 4) is 0 Å². The number of nitrogens with one attached hydrogen (secondary N) is 2. The van der Waals surface area contributed by atoms with Crippen molar-refractivity contribution in [1.82, 2.24) is 14.7 Å². The minimum atomic E-state index is -3.57. The van der Waals surface area contributed by atoms with Crippen molar-refractivity contribution >= 4 is 10.0 Å². The van der Waals surface area contributed by atoms with Crippen LogP contribution >= 0.6 is 0 Å². The Morgan fingerprint density at radius 1 is 1.33 bits per heavy atom. The first-order valence-corrected chi connectivity index (χ1v) is 6.86. The number of aromatic nitrogens is 2. The molecule has 0 bridgehead atoms. The molecule has 0 aliphatic heterocycles. The quantitative estimate of drug-likeness (QED) is 0.728. The molecule has 2 aromatic rings. The second-order valence-electron chi connectivity index (χ2n) is 3.78. The van der Waals surface area contributed by atoms with Gasteiger partial charge >= 0.3 is 0 Å². The van der Waals surface area contributed by atoms with E-state index in [4.69, 9.17) is 5.73 Å². The third-order valence-corrected chi connectivity index (χ3v) is 3.83. The minimum Gasteiger partial charge on any atom is -0.335 e. The second kappa shape index (κ2) is 5.30. The Kier molecular flexibility index (Phi) is 3.75. The fourth-order valence-electron chi connectivity index (χ4n) is 1.49. The normalized spacial score (nSPS) is 13.4. The Balaban J connectivity index is 2.00. The average Bonchev–Trinajstić information content (AvgIpc) is 2.92. The molecule has 1 atom stereocenters. The molecule has 1 heterocycles. The maximum Gasteiger partial charge on any atom is 0.257 e. The van der Waals surface area contributed by atoms with Gasteiger partial charge in [0.1, 0.15) is 0 Å². The highest BCUT2D eigenvalue weighted by Crippen LogP contribution is 2.09. The number of imidazole rings is 1. The highest BCUT2D eigenvalue weighted by molar-refractivity contribution is 7.89. The number of rotatable bonds is 5. The van der Waals surface area contributed by atoms with E-state index in [1.807, 2.05) is 30.3 Å². The lowest BCUT2D eigenvalue weighted by molar-refractivity contribution is 0.569. The summed E-state index contributed by atoms with van der Waals surface area (Å²) in [7, 11) is -3.57. The molecule has 2 rings (SSSR count). The lowest BCUT2D eigenvalue weighted by Crippen LogP contribution is -2.32. The number of nitrogens with two attached hydrogens (primary N) is 1. The summed E-state index contributed by atoms with van der Waals surface area (Å²) in [6, 6.07) is 8.93. The Morgan fingerprint density at radius 2 is 2.06 bits per heavy atom. The van der Waals surface area contributed by atoms with Crippen molar-refractivity contribution < 1.29 is 8.42 Å². The van der Waals surface area contributed by atoms with E-state index >= 15 is 0 Å². The van der Waals surface area contributed by atoms with E-state index in [2.05, 4.69) is 14.7 Å². The van der Waals surface area contributed by atoms with Crippen LogP contribution in [0, 0.1) is 0 Å². The van der Waals surface area contributed by atoms with E-state index in [0.717, 1.165) is 5.56 Å². The van der Waals surface area contributed by atoms with Gasteiger partial charge < -0.3 is 10.7 Å². The van der Waals surface area contributed by atoms with Crippen molar-refractivity contribution in [2.24, 2.45) is 5.73 Å². The molecule has 0 amide bonds. The Morgan fingerprint density at radius 3 is 2.67 bits per heavy atom. The molecule has 1 aromatic carbocycles. The Hall–Kier alpha value is -1.70. The third-order valence-electron chi connectivity index (χ3n) is 2.48. The number of hydrogen-bond donors (Lipinski definition) is 3. The standard InChI is InChI=1S/C11H14N4O2S/c12-10(9-4-2-1-3-5-9)6-15-18(16,17)11-7-13-8-14-11/h1-5,7-8,10,15H,6,12H2,(H,13,14). The fraction of sp³-hybridized carbons (Fsp3) is 0.182. The zero-order valence-electron chi connectivity index (χ0n) is 9.58. The van der Waals surface area contributed by atoms with Gasteiger partial charge in [0.2, 0.25) is 0 Å². The molecule has 18 heavy (non-hydrogen) atoms. The van der Waals surface area contributed by atoms with Crippen LogP contribution in [0.3, 0.4) is 0 Å². The number of nitrogens with zero attached hydrogens (tertiary/aromatic N) is 1. The second-order valence-corrected chi connectivity index (χ2v) is 5.52. The summed E-state index contributed by atoms with van der Waals surface area (Å²) >= 11 is 0. The van der Waals surface area contributed by atoms with E-state index in [9.17, 15) is 8.42 Å². The lowest BCUT2D eigenvalue weighted by atomic mass is 10.1. The maximum absolute atomic E-state index is 11.8. The zero-order chi connectivity index (χ0) is 13.0. The number of H-pyrrole nitrogens is 1. The van der Waals surface area contributed by atoms with Gasteiger partial charge in [-0.1, -0.05) is 30.3 Å². The van der Waals surface area contributed by atoms with Crippen molar-refractivity contribution in [3.63, 3.8) is 0 Å². The monoisotopic (exact) mass is 266 g/mol. The van der Waals surface area contributed by atoms with E-state index < -0.39 is 10.0 Å². The topological polar surface area (TPSA) is 101 Å².